The Morgan fingerprint density at radius 1 is 1.00 bits per heavy atom. The van der Waals surface area contributed by atoms with Gasteiger partial charge in [0.05, 0.1) is 13.2 Å². The van der Waals surface area contributed by atoms with Gasteiger partial charge < -0.3 is 9.47 Å². The number of carbonyl (C=O) groups excluding carboxylic acids is 2. The van der Waals surface area contributed by atoms with Gasteiger partial charge in [0.25, 0.3) is 0 Å². The van der Waals surface area contributed by atoms with Crippen molar-refractivity contribution in [2.24, 2.45) is 0 Å². The third kappa shape index (κ3) is 9.60. The van der Waals surface area contributed by atoms with E-state index in [9.17, 15) is 9.59 Å². The number of hydrogen-bond donors (Lipinski definition) is 0. The molecule has 0 fully saturated rings. The van der Waals surface area contributed by atoms with Crippen molar-refractivity contribution < 1.29 is 19.1 Å². The standard InChI is InChI=1S/C8H12O4.Na/c1-3-11-7(9)5-6-8(10)12-4-2;/h5-6H,3-4H2,1-2H3;. The van der Waals surface area contributed by atoms with Crippen molar-refractivity contribution in [2.45, 2.75) is 13.8 Å². The zero-order valence-corrected chi connectivity index (χ0v) is 10.2. The van der Waals surface area contributed by atoms with E-state index in [1.807, 2.05) is 0 Å². The molecule has 0 spiro atoms. The summed E-state index contributed by atoms with van der Waals surface area (Å²) >= 11 is 0. The van der Waals surface area contributed by atoms with E-state index in [4.69, 9.17) is 0 Å². The van der Waals surface area contributed by atoms with Gasteiger partial charge in [0.1, 0.15) is 0 Å². The average molecular weight is 195 g/mol. The van der Waals surface area contributed by atoms with Crippen molar-refractivity contribution >= 4 is 41.5 Å². The van der Waals surface area contributed by atoms with Crippen LogP contribution in [0.4, 0.5) is 0 Å². The quantitative estimate of drug-likeness (QED) is 0.367. The topological polar surface area (TPSA) is 52.6 Å². The summed E-state index contributed by atoms with van der Waals surface area (Å²) in [5.74, 6) is -1.07. The number of hydrogen-bond acceptors (Lipinski definition) is 4. The number of esters is 2. The predicted molar refractivity (Wildman–Crippen MR) is 48.2 cm³/mol. The van der Waals surface area contributed by atoms with Crippen LogP contribution in [0.25, 0.3) is 0 Å². The molecule has 0 aromatic rings. The molecular formula is C8H12NaO4. The smallest absolute Gasteiger partial charge is 0.330 e. The molecule has 0 aliphatic rings. The minimum absolute atomic E-state index is 0. The third-order valence-electron chi connectivity index (χ3n) is 0.929. The first kappa shape index (κ1) is 15.2. The Bertz CT molecular complexity index is 169. The molecule has 0 saturated carbocycles. The van der Waals surface area contributed by atoms with Gasteiger partial charge in [-0.1, -0.05) is 0 Å². The Morgan fingerprint density at radius 2 is 1.31 bits per heavy atom. The van der Waals surface area contributed by atoms with E-state index in [0.717, 1.165) is 12.2 Å². The largest absolute Gasteiger partial charge is 0.463 e. The first-order valence-corrected chi connectivity index (χ1v) is 3.72. The van der Waals surface area contributed by atoms with Crippen molar-refractivity contribution in [3.63, 3.8) is 0 Å². The number of ether oxygens (including phenoxy) is 2. The third-order valence-corrected chi connectivity index (χ3v) is 0.929. The molecule has 0 unspecified atom stereocenters. The second-order valence-corrected chi connectivity index (χ2v) is 1.84. The fraction of sp³-hybridized carbons (Fsp3) is 0.500. The SMILES string of the molecule is CCOC(=O)C=CC(=O)OCC.[Na]. The minimum Gasteiger partial charge on any atom is -0.463 e. The van der Waals surface area contributed by atoms with Crippen LogP contribution in [0.1, 0.15) is 13.8 Å². The molecule has 0 saturated heterocycles. The molecule has 4 nitrogen and oxygen atoms in total. The summed E-state index contributed by atoms with van der Waals surface area (Å²) in [7, 11) is 0. The van der Waals surface area contributed by atoms with Crippen LogP contribution in [-0.4, -0.2) is 54.7 Å². The molecule has 0 N–H and O–H groups in total. The Labute approximate surface area is 99.6 Å². The van der Waals surface area contributed by atoms with Crippen molar-refractivity contribution in [1.82, 2.24) is 0 Å². The molecule has 0 atom stereocenters. The summed E-state index contributed by atoms with van der Waals surface area (Å²) in [6.07, 6.45) is 2.09. The van der Waals surface area contributed by atoms with Crippen LogP contribution >= 0.6 is 0 Å². The summed E-state index contributed by atoms with van der Waals surface area (Å²) in [6.45, 7) is 3.98. The second-order valence-electron chi connectivity index (χ2n) is 1.84. The van der Waals surface area contributed by atoms with Gasteiger partial charge in [0, 0.05) is 41.7 Å². The summed E-state index contributed by atoms with van der Waals surface area (Å²) in [4.78, 5) is 21.3. The molecule has 69 valence electrons. The van der Waals surface area contributed by atoms with Gasteiger partial charge in [-0.2, -0.15) is 0 Å². The Morgan fingerprint density at radius 3 is 1.54 bits per heavy atom. The van der Waals surface area contributed by atoms with E-state index >= 15 is 0 Å². The zero-order chi connectivity index (χ0) is 9.40. The Balaban J connectivity index is 0. The van der Waals surface area contributed by atoms with Crippen LogP contribution in [0, 0.1) is 0 Å². The molecule has 0 aliphatic carbocycles. The first-order valence-electron chi connectivity index (χ1n) is 3.72. The zero-order valence-electron chi connectivity index (χ0n) is 8.20. The first-order chi connectivity index (χ1) is 5.70. The fourth-order valence-electron chi connectivity index (χ4n) is 0.517. The average Bonchev–Trinajstić information content (AvgIpc) is 2.02. The molecule has 1 radical (unpaired) electrons. The predicted octanol–water partition coefficient (Wildman–Crippen LogP) is 0.288. The van der Waals surface area contributed by atoms with Crippen molar-refractivity contribution in [3.05, 3.63) is 12.2 Å². The van der Waals surface area contributed by atoms with Crippen molar-refractivity contribution in [2.75, 3.05) is 13.2 Å². The molecule has 5 heteroatoms. The van der Waals surface area contributed by atoms with Crippen molar-refractivity contribution in [3.8, 4) is 0 Å². The summed E-state index contributed by atoms with van der Waals surface area (Å²) in [5, 5.41) is 0. The maximum atomic E-state index is 10.6. The molecule has 0 rings (SSSR count). The van der Waals surface area contributed by atoms with Crippen LogP contribution in [0.5, 0.6) is 0 Å². The van der Waals surface area contributed by atoms with E-state index in [1.165, 1.54) is 0 Å². The van der Waals surface area contributed by atoms with Gasteiger partial charge in [0.15, 0.2) is 0 Å². The maximum Gasteiger partial charge on any atom is 0.330 e. The van der Waals surface area contributed by atoms with Crippen LogP contribution < -0.4 is 0 Å². The summed E-state index contributed by atoms with van der Waals surface area (Å²) in [5.41, 5.74) is 0. The van der Waals surface area contributed by atoms with Crippen LogP contribution in [-0.2, 0) is 19.1 Å². The maximum absolute atomic E-state index is 10.6. The van der Waals surface area contributed by atoms with E-state index < -0.39 is 11.9 Å². The molecule has 0 aliphatic heterocycles. The molecule has 0 bridgehead atoms. The van der Waals surface area contributed by atoms with Gasteiger partial charge in [-0.05, 0) is 13.8 Å². The van der Waals surface area contributed by atoms with Gasteiger partial charge in [0.2, 0.25) is 0 Å². The van der Waals surface area contributed by atoms with Gasteiger partial charge in [-0.25, -0.2) is 9.59 Å². The summed E-state index contributed by atoms with van der Waals surface area (Å²) in [6, 6.07) is 0. The fourth-order valence-corrected chi connectivity index (χ4v) is 0.517. The van der Waals surface area contributed by atoms with E-state index in [1.54, 1.807) is 13.8 Å². The molecule has 0 aromatic heterocycles. The molecule has 13 heavy (non-hydrogen) atoms. The van der Waals surface area contributed by atoms with Crippen LogP contribution in [0.15, 0.2) is 12.2 Å². The molecule has 0 aromatic carbocycles. The van der Waals surface area contributed by atoms with Crippen LogP contribution in [0.3, 0.4) is 0 Å². The summed E-state index contributed by atoms with van der Waals surface area (Å²) < 4.78 is 9.07. The Hall–Kier alpha value is -0.320. The molecule has 0 heterocycles. The van der Waals surface area contributed by atoms with Gasteiger partial charge >= 0.3 is 11.9 Å². The van der Waals surface area contributed by atoms with E-state index in [-0.39, 0.29) is 29.6 Å². The van der Waals surface area contributed by atoms with Crippen LogP contribution in [0.2, 0.25) is 0 Å². The number of carbonyl (C=O) groups is 2. The molecule has 0 amide bonds. The minimum atomic E-state index is -0.537. The van der Waals surface area contributed by atoms with E-state index in [0.29, 0.717) is 13.2 Å². The van der Waals surface area contributed by atoms with Crippen molar-refractivity contribution in [1.29, 1.82) is 0 Å². The van der Waals surface area contributed by atoms with Gasteiger partial charge in [-0.3, -0.25) is 0 Å². The van der Waals surface area contributed by atoms with E-state index in [2.05, 4.69) is 9.47 Å². The Kier molecular flexibility index (Phi) is 11.4. The number of rotatable bonds is 4. The normalized spacial score (nSPS) is 9.08. The molecular weight excluding hydrogens is 183 g/mol. The monoisotopic (exact) mass is 195 g/mol. The second kappa shape index (κ2) is 9.77. The van der Waals surface area contributed by atoms with Gasteiger partial charge in [-0.15, -0.1) is 0 Å².